The van der Waals surface area contributed by atoms with Crippen LogP contribution in [0.5, 0.6) is 5.75 Å². The lowest BCUT2D eigenvalue weighted by molar-refractivity contribution is -0.137. The van der Waals surface area contributed by atoms with Gasteiger partial charge in [-0.3, -0.25) is 9.59 Å². The fraction of sp³-hybridized carbons (Fsp3) is 0.263. The summed E-state index contributed by atoms with van der Waals surface area (Å²) in [6.07, 6.45) is -4.50. The molecule has 2 aromatic rings. The quantitative estimate of drug-likeness (QED) is 0.688. The zero-order chi connectivity index (χ0) is 20.9. The van der Waals surface area contributed by atoms with Gasteiger partial charge in [0.2, 0.25) is 11.8 Å². The van der Waals surface area contributed by atoms with Crippen LogP contribution < -0.4 is 20.7 Å². The Morgan fingerprint density at radius 3 is 2.32 bits per heavy atom. The topological polar surface area (TPSA) is 79.5 Å². The Kier molecular flexibility index (Phi) is 6.50. The molecule has 0 heterocycles. The zero-order valence-corrected chi connectivity index (χ0v) is 15.5. The minimum atomic E-state index is -4.50. The van der Waals surface area contributed by atoms with Crippen LogP contribution in [-0.2, 0) is 15.8 Å². The minimum absolute atomic E-state index is 0.0347. The Bertz CT molecular complexity index is 869. The molecule has 3 N–H and O–H groups in total. The Labute approximate surface area is 160 Å². The SMILES string of the molecule is COc1ccc(NC(C)=O)cc1N[C@@H](C)C(=O)Nc1cccc(C(F)(F)F)c1. The third-order valence-corrected chi connectivity index (χ3v) is 3.74. The van der Waals surface area contributed by atoms with Crippen molar-refractivity contribution in [2.45, 2.75) is 26.1 Å². The van der Waals surface area contributed by atoms with E-state index in [-0.39, 0.29) is 11.6 Å². The maximum absolute atomic E-state index is 12.8. The molecule has 0 unspecified atom stereocenters. The Morgan fingerprint density at radius 2 is 1.71 bits per heavy atom. The van der Waals surface area contributed by atoms with Gasteiger partial charge in [-0.1, -0.05) is 6.07 Å². The fourth-order valence-corrected chi connectivity index (χ4v) is 2.42. The Balaban J connectivity index is 2.13. The maximum atomic E-state index is 12.8. The summed E-state index contributed by atoms with van der Waals surface area (Å²) in [7, 11) is 1.45. The van der Waals surface area contributed by atoms with Crippen LogP contribution in [0, 0.1) is 0 Å². The monoisotopic (exact) mass is 395 g/mol. The van der Waals surface area contributed by atoms with Gasteiger partial charge in [0.25, 0.3) is 0 Å². The average Bonchev–Trinajstić information content (AvgIpc) is 2.61. The summed E-state index contributed by atoms with van der Waals surface area (Å²) in [4.78, 5) is 23.6. The number of carbonyl (C=O) groups is 2. The molecule has 0 aliphatic carbocycles. The van der Waals surface area contributed by atoms with Crippen LogP contribution in [0.2, 0.25) is 0 Å². The van der Waals surface area contributed by atoms with Crippen LogP contribution in [-0.4, -0.2) is 25.0 Å². The smallest absolute Gasteiger partial charge is 0.416 e. The number of rotatable bonds is 6. The second kappa shape index (κ2) is 8.64. The van der Waals surface area contributed by atoms with E-state index in [9.17, 15) is 22.8 Å². The number of ether oxygens (including phenoxy) is 1. The van der Waals surface area contributed by atoms with Gasteiger partial charge >= 0.3 is 6.18 Å². The van der Waals surface area contributed by atoms with Gasteiger partial charge in [-0.25, -0.2) is 0 Å². The summed E-state index contributed by atoms with van der Waals surface area (Å²) in [5.74, 6) is -0.356. The number of hydrogen-bond donors (Lipinski definition) is 3. The van der Waals surface area contributed by atoms with E-state index in [1.54, 1.807) is 25.1 Å². The predicted octanol–water partition coefficient (Wildman–Crippen LogP) is 4.11. The van der Waals surface area contributed by atoms with Crippen molar-refractivity contribution in [3.63, 3.8) is 0 Å². The zero-order valence-electron chi connectivity index (χ0n) is 15.5. The van der Waals surface area contributed by atoms with E-state index < -0.39 is 23.7 Å². The summed E-state index contributed by atoms with van der Waals surface area (Å²) in [6.45, 7) is 2.91. The third-order valence-electron chi connectivity index (χ3n) is 3.74. The first-order valence-corrected chi connectivity index (χ1v) is 8.30. The van der Waals surface area contributed by atoms with Crippen LogP contribution in [0.25, 0.3) is 0 Å². The van der Waals surface area contributed by atoms with Gasteiger partial charge < -0.3 is 20.7 Å². The van der Waals surface area contributed by atoms with Crippen molar-refractivity contribution in [1.29, 1.82) is 0 Å². The molecule has 150 valence electrons. The first-order valence-electron chi connectivity index (χ1n) is 8.30. The molecule has 6 nitrogen and oxygen atoms in total. The molecule has 1 atom stereocenters. The van der Waals surface area contributed by atoms with Gasteiger partial charge in [-0.2, -0.15) is 13.2 Å². The molecule has 28 heavy (non-hydrogen) atoms. The molecule has 2 aromatic carbocycles. The van der Waals surface area contributed by atoms with E-state index in [2.05, 4.69) is 16.0 Å². The van der Waals surface area contributed by atoms with Crippen molar-refractivity contribution in [2.75, 3.05) is 23.1 Å². The molecule has 9 heteroatoms. The lowest BCUT2D eigenvalue weighted by Gasteiger charge is -2.18. The standard InChI is InChI=1S/C19H20F3N3O3/c1-11(18(27)25-14-6-4-5-13(9-14)19(20,21)22)23-16-10-15(24-12(2)26)7-8-17(16)28-3/h4-11,23H,1-3H3,(H,24,26)(H,25,27)/t11-/m0/s1. The molecule has 2 amide bonds. The number of amides is 2. The van der Waals surface area contributed by atoms with E-state index in [4.69, 9.17) is 4.74 Å². The summed E-state index contributed by atoms with van der Waals surface area (Å²) in [6, 6.07) is 8.43. The highest BCUT2D eigenvalue weighted by Crippen LogP contribution is 2.31. The van der Waals surface area contributed by atoms with E-state index in [0.717, 1.165) is 12.1 Å². The second-order valence-corrected chi connectivity index (χ2v) is 6.03. The van der Waals surface area contributed by atoms with Gasteiger partial charge in [-0.15, -0.1) is 0 Å². The van der Waals surface area contributed by atoms with Crippen molar-refractivity contribution < 1.29 is 27.5 Å². The van der Waals surface area contributed by atoms with Crippen molar-refractivity contribution in [1.82, 2.24) is 0 Å². The van der Waals surface area contributed by atoms with Gasteiger partial charge in [0.1, 0.15) is 11.8 Å². The largest absolute Gasteiger partial charge is 0.495 e. The van der Waals surface area contributed by atoms with Crippen LogP contribution in [0.1, 0.15) is 19.4 Å². The number of halogens is 3. The van der Waals surface area contributed by atoms with Gasteiger partial charge in [-0.05, 0) is 43.3 Å². The van der Waals surface area contributed by atoms with E-state index in [0.29, 0.717) is 17.1 Å². The number of anilines is 3. The van der Waals surface area contributed by atoms with E-state index in [1.165, 1.54) is 26.2 Å². The molecule has 0 aliphatic heterocycles. The summed E-state index contributed by atoms with van der Waals surface area (Å²) < 4.78 is 43.6. The lowest BCUT2D eigenvalue weighted by atomic mass is 10.2. The molecular formula is C19H20F3N3O3. The van der Waals surface area contributed by atoms with Crippen molar-refractivity contribution in [3.05, 3.63) is 48.0 Å². The molecular weight excluding hydrogens is 375 g/mol. The van der Waals surface area contributed by atoms with Gasteiger partial charge in [0.15, 0.2) is 0 Å². The molecule has 0 bridgehead atoms. The van der Waals surface area contributed by atoms with Crippen LogP contribution >= 0.6 is 0 Å². The Hall–Kier alpha value is -3.23. The number of alkyl halides is 3. The lowest BCUT2D eigenvalue weighted by Crippen LogP contribution is -2.32. The number of benzene rings is 2. The first-order chi connectivity index (χ1) is 13.1. The van der Waals surface area contributed by atoms with Crippen LogP contribution in [0.4, 0.5) is 30.2 Å². The third kappa shape index (κ3) is 5.63. The maximum Gasteiger partial charge on any atom is 0.416 e. The van der Waals surface area contributed by atoms with E-state index >= 15 is 0 Å². The Morgan fingerprint density at radius 1 is 1.04 bits per heavy atom. The van der Waals surface area contributed by atoms with Crippen molar-refractivity contribution in [3.8, 4) is 5.75 Å². The van der Waals surface area contributed by atoms with Crippen LogP contribution in [0.15, 0.2) is 42.5 Å². The molecule has 0 saturated carbocycles. The van der Waals surface area contributed by atoms with Crippen molar-refractivity contribution in [2.24, 2.45) is 0 Å². The number of hydrogen-bond acceptors (Lipinski definition) is 4. The van der Waals surface area contributed by atoms with Gasteiger partial charge in [0.05, 0.1) is 18.4 Å². The first kappa shape index (κ1) is 21.1. The predicted molar refractivity (Wildman–Crippen MR) is 100 cm³/mol. The van der Waals surface area contributed by atoms with Crippen molar-refractivity contribution >= 4 is 28.9 Å². The minimum Gasteiger partial charge on any atom is -0.495 e. The summed E-state index contributed by atoms with van der Waals surface area (Å²) in [5, 5.41) is 7.99. The van der Waals surface area contributed by atoms with Crippen LogP contribution in [0.3, 0.4) is 0 Å². The average molecular weight is 395 g/mol. The molecule has 2 rings (SSSR count). The number of methoxy groups -OCH3 is 1. The van der Waals surface area contributed by atoms with E-state index in [1.807, 2.05) is 0 Å². The van der Waals surface area contributed by atoms with Gasteiger partial charge in [0, 0.05) is 18.3 Å². The molecule has 0 fully saturated rings. The number of nitrogens with one attached hydrogen (secondary N) is 3. The number of carbonyl (C=O) groups excluding carboxylic acids is 2. The molecule has 0 spiro atoms. The molecule has 0 radical (unpaired) electrons. The normalized spacial score (nSPS) is 12.1. The fourth-order valence-electron chi connectivity index (χ4n) is 2.42. The second-order valence-electron chi connectivity index (χ2n) is 6.03. The highest BCUT2D eigenvalue weighted by atomic mass is 19.4. The highest BCUT2D eigenvalue weighted by molar-refractivity contribution is 5.97. The summed E-state index contributed by atoms with van der Waals surface area (Å²) >= 11 is 0. The molecule has 0 aromatic heterocycles. The molecule has 0 aliphatic rings. The summed E-state index contributed by atoms with van der Waals surface area (Å²) in [5.41, 5.74) is 0.129. The highest BCUT2D eigenvalue weighted by Gasteiger charge is 2.30. The molecule has 0 saturated heterocycles.